The summed E-state index contributed by atoms with van der Waals surface area (Å²) in [4.78, 5) is 26.3. The van der Waals surface area contributed by atoms with Gasteiger partial charge >= 0.3 is 19.4 Å². The van der Waals surface area contributed by atoms with E-state index in [1.165, 1.54) is 6.08 Å². The topological polar surface area (TPSA) is 93.1 Å². The van der Waals surface area contributed by atoms with Crippen LogP contribution in [0.1, 0.15) is 6.42 Å². The molecule has 2 aromatic rings. The van der Waals surface area contributed by atoms with Crippen molar-refractivity contribution in [1.29, 1.82) is 0 Å². The van der Waals surface area contributed by atoms with Gasteiger partial charge in [0.2, 0.25) is 0 Å². The molecule has 0 radical (unpaired) electrons. The molecule has 1 heterocycles. The largest absolute Gasteiger partial charge is 0.445 e. The monoisotopic (exact) mass is 415 g/mol. The Hall–Kier alpha value is -2.89. The zero-order valence-corrected chi connectivity index (χ0v) is 16.6. The van der Waals surface area contributed by atoms with Crippen molar-refractivity contribution < 1.29 is 28.5 Å². The van der Waals surface area contributed by atoms with Crippen molar-refractivity contribution in [3.8, 4) is 0 Å². The van der Waals surface area contributed by atoms with Crippen LogP contribution in [0.4, 0.5) is 4.79 Å². The van der Waals surface area contributed by atoms with Crippen molar-refractivity contribution in [2.45, 2.75) is 18.6 Å². The second-order valence-electron chi connectivity index (χ2n) is 6.56. The summed E-state index contributed by atoms with van der Waals surface area (Å²) in [5.41, 5.74) is 0. The molecule has 152 valence electrons. The van der Waals surface area contributed by atoms with Gasteiger partial charge in [0.15, 0.2) is 0 Å². The zero-order valence-electron chi connectivity index (χ0n) is 15.7. The second-order valence-corrected chi connectivity index (χ2v) is 8.87. The van der Waals surface area contributed by atoms with Gasteiger partial charge < -0.3 is 14.4 Å². The molecule has 7 nitrogen and oxygen atoms in total. The number of carbonyl (C=O) groups excluding carboxylic acids is 2. The van der Waals surface area contributed by atoms with Gasteiger partial charge in [-0.05, 0) is 24.3 Å². The van der Waals surface area contributed by atoms with E-state index in [2.05, 4.69) is 6.58 Å². The van der Waals surface area contributed by atoms with E-state index in [1.807, 2.05) is 0 Å². The van der Waals surface area contributed by atoms with Gasteiger partial charge in [-0.3, -0.25) is 9.46 Å². The van der Waals surface area contributed by atoms with E-state index in [0.717, 1.165) is 4.90 Å². The van der Waals surface area contributed by atoms with Crippen LogP contribution in [0.2, 0.25) is 0 Å². The van der Waals surface area contributed by atoms with E-state index >= 15 is 0 Å². The van der Waals surface area contributed by atoms with Gasteiger partial charge in [-0.1, -0.05) is 49.1 Å². The smallest absolute Gasteiger partial charge is 0.410 e. The van der Waals surface area contributed by atoms with Crippen molar-refractivity contribution >= 4 is 30.0 Å². The van der Waals surface area contributed by atoms with Crippen LogP contribution in [0, 0.1) is 0 Å². The number of ether oxygens (including phenoxy) is 1. The third-order valence-corrected chi connectivity index (χ3v) is 6.91. The van der Waals surface area contributed by atoms with Crippen LogP contribution in [-0.2, 0) is 18.6 Å². The molecule has 1 aliphatic heterocycles. The SMILES string of the molecule is C=CCOC(=O)N1CC(O)CC1C(=O)OP(=O)(c1ccccc1)c1ccccc1. The molecule has 2 aromatic carbocycles. The van der Waals surface area contributed by atoms with Gasteiger partial charge in [-0.25, -0.2) is 9.59 Å². The van der Waals surface area contributed by atoms with Crippen LogP contribution < -0.4 is 10.6 Å². The van der Waals surface area contributed by atoms with Crippen molar-refractivity contribution in [1.82, 2.24) is 4.90 Å². The first kappa shape index (κ1) is 20.8. The summed E-state index contributed by atoms with van der Waals surface area (Å²) in [7, 11) is -3.76. The van der Waals surface area contributed by atoms with Crippen molar-refractivity contribution in [2.75, 3.05) is 13.2 Å². The third kappa shape index (κ3) is 4.58. The van der Waals surface area contributed by atoms with Gasteiger partial charge in [0, 0.05) is 6.42 Å². The maximum atomic E-state index is 13.9. The van der Waals surface area contributed by atoms with E-state index in [-0.39, 0.29) is 19.6 Å². The number of aliphatic hydroxyl groups excluding tert-OH is 1. The van der Waals surface area contributed by atoms with E-state index < -0.39 is 31.6 Å². The first-order valence-electron chi connectivity index (χ1n) is 9.13. The minimum atomic E-state index is -3.76. The number of amides is 1. The van der Waals surface area contributed by atoms with Crippen LogP contribution in [-0.4, -0.2) is 47.4 Å². The Kier molecular flexibility index (Phi) is 6.52. The summed E-state index contributed by atoms with van der Waals surface area (Å²) < 4.78 is 24.4. The van der Waals surface area contributed by atoms with Crippen molar-refractivity contribution in [2.24, 2.45) is 0 Å². The van der Waals surface area contributed by atoms with Gasteiger partial charge in [0.25, 0.3) is 0 Å². The molecular formula is C21H22NO6P. The average molecular weight is 415 g/mol. The fourth-order valence-electron chi connectivity index (χ4n) is 3.14. The molecule has 1 fully saturated rings. The second kappa shape index (κ2) is 9.07. The van der Waals surface area contributed by atoms with Crippen LogP contribution >= 0.6 is 7.37 Å². The number of carbonyl (C=O) groups is 2. The van der Waals surface area contributed by atoms with E-state index in [4.69, 9.17) is 9.26 Å². The Labute approximate surface area is 169 Å². The van der Waals surface area contributed by atoms with Crippen LogP contribution in [0.15, 0.2) is 73.3 Å². The molecule has 0 aromatic heterocycles. The summed E-state index contributed by atoms with van der Waals surface area (Å²) in [6, 6.07) is 15.8. The number of nitrogens with zero attached hydrogens (tertiary/aromatic N) is 1. The number of β-amino-alcohol motifs (C(OH)–C–C–N with tert-alkyl or cyclic N) is 1. The fourth-order valence-corrected chi connectivity index (χ4v) is 5.16. The maximum absolute atomic E-state index is 13.9. The minimum absolute atomic E-state index is 0.0222. The van der Waals surface area contributed by atoms with Gasteiger partial charge in [-0.2, -0.15) is 0 Å². The lowest BCUT2D eigenvalue weighted by Crippen LogP contribution is -2.42. The molecule has 1 saturated heterocycles. The summed E-state index contributed by atoms with van der Waals surface area (Å²) >= 11 is 0. The summed E-state index contributed by atoms with van der Waals surface area (Å²) in [5, 5.41) is 10.7. The van der Waals surface area contributed by atoms with Gasteiger partial charge in [-0.15, -0.1) is 0 Å². The van der Waals surface area contributed by atoms with Crippen molar-refractivity contribution in [3.63, 3.8) is 0 Å². The molecule has 0 aliphatic carbocycles. The normalized spacial score (nSPS) is 18.9. The molecule has 8 heteroatoms. The number of aliphatic hydroxyl groups is 1. The number of benzene rings is 2. The molecule has 29 heavy (non-hydrogen) atoms. The lowest BCUT2D eigenvalue weighted by atomic mass is 10.2. The quantitative estimate of drug-likeness (QED) is 0.575. The Balaban J connectivity index is 1.89. The van der Waals surface area contributed by atoms with E-state index in [9.17, 15) is 19.3 Å². The molecule has 1 aliphatic rings. The van der Waals surface area contributed by atoms with Crippen LogP contribution in [0.25, 0.3) is 0 Å². The molecule has 3 rings (SSSR count). The molecule has 2 atom stereocenters. The molecule has 0 bridgehead atoms. The highest BCUT2D eigenvalue weighted by Crippen LogP contribution is 2.45. The molecule has 1 N–H and O–H groups in total. The highest BCUT2D eigenvalue weighted by Gasteiger charge is 2.44. The minimum Gasteiger partial charge on any atom is -0.445 e. The number of rotatable bonds is 6. The lowest BCUT2D eigenvalue weighted by molar-refractivity contribution is -0.138. The predicted molar refractivity (Wildman–Crippen MR) is 109 cm³/mol. The lowest BCUT2D eigenvalue weighted by Gasteiger charge is -2.25. The Bertz CT molecular complexity index is 874. The Morgan fingerprint density at radius 3 is 2.17 bits per heavy atom. The highest BCUT2D eigenvalue weighted by molar-refractivity contribution is 7.74. The van der Waals surface area contributed by atoms with Gasteiger partial charge in [0.05, 0.1) is 23.3 Å². The molecule has 0 spiro atoms. The van der Waals surface area contributed by atoms with Crippen molar-refractivity contribution in [3.05, 3.63) is 73.3 Å². The zero-order chi connectivity index (χ0) is 20.9. The predicted octanol–water partition coefficient (Wildman–Crippen LogP) is 2.22. The Morgan fingerprint density at radius 1 is 1.10 bits per heavy atom. The van der Waals surface area contributed by atoms with E-state index in [1.54, 1.807) is 60.7 Å². The van der Waals surface area contributed by atoms with Gasteiger partial charge in [0.1, 0.15) is 12.6 Å². The third-order valence-electron chi connectivity index (χ3n) is 4.52. The molecule has 0 saturated carbocycles. The summed E-state index contributed by atoms with van der Waals surface area (Å²) in [6.07, 6.45) is -0.295. The van der Waals surface area contributed by atoms with E-state index in [0.29, 0.717) is 10.6 Å². The number of hydrogen-bond acceptors (Lipinski definition) is 6. The molecule has 1 amide bonds. The van der Waals surface area contributed by atoms with Crippen LogP contribution in [0.5, 0.6) is 0 Å². The average Bonchev–Trinajstić information content (AvgIpc) is 3.15. The maximum Gasteiger partial charge on any atom is 0.410 e. The number of hydrogen-bond donors (Lipinski definition) is 1. The standard InChI is InChI=1S/C21H22NO6P/c1-2-13-27-21(25)22-15-16(23)14-19(22)20(24)28-29(26,17-9-5-3-6-10-17)18-11-7-4-8-12-18/h2-12,16,19,23H,1,13-15H2. The highest BCUT2D eigenvalue weighted by atomic mass is 31.2. The first-order chi connectivity index (χ1) is 14.0. The Morgan fingerprint density at radius 2 is 1.66 bits per heavy atom. The molecular weight excluding hydrogens is 393 g/mol. The van der Waals surface area contributed by atoms with Crippen LogP contribution in [0.3, 0.4) is 0 Å². The molecule has 2 unspecified atom stereocenters. The summed E-state index contributed by atoms with van der Waals surface area (Å²) in [5.74, 6) is -0.854. The number of likely N-dealkylation sites (tertiary alicyclic amines) is 1. The fraction of sp³-hybridized carbons (Fsp3) is 0.238. The first-order valence-corrected chi connectivity index (χ1v) is 10.7. The summed E-state index contributed by atoms with van der Waals surface area (Å²) in [6.45, 7) is 3.37.